The highest BCUT2D eigenvalue weighted by Gasteiger charge is 2.08. The fraction of sp³-hybridized carbons (Fsp3) is 0.333. The van der Waals surface area contributed by atoms with Crippen LogP contribution in [0.5, 0.6) is 0 Å². The van der Waals surface area contributed by atoms with Crippen molar-refractivity contribution in [1.29, 1.82) is 0 Å². The number of primary amides is 1. The molecule has 0 radical (unpaired) electrons. The van der Waals surface area contributed by atoms with Crippen LogP contribution in [0.2, 0.25) is 0 Å². The van der Waals surface area contributed by atoms with Crippen molar-refractivity contribution in [3.05, 3.63) is 22.4 Å². The van der Waals surface area contributed by atoms with Gasteiger partial charge in [-0.2, -0.15) is 0 Å². The molecule has 0 fully saturated rings. The van der Waals surface area contributed by atoms with Crippen LogP contribution in [0.1, 0.15) is 10.5 Å². The lowest BCUT2D eigenvalue weighted by Gasteiger charge is -1.91. The molecule has 2 N–H and O–H groups in total. The first-order valence-corrected chi connectivity index (χ1v) is 3.06. The van der Waals surface area contributed by atoms with Gasteiger partial charge in [-0.25, -0.2) is 4.79 Å². The Morgan fingerprint density at radius 3 is 2.27 bits per heavy atom. The summed E-state index contributed by atoms with van der Waals surface area (Å²) in [5, 5.41) is 0. The minimum absolute atomic E-state index is 0.220. The topological polar surface area (TPSA) is 70.0 Å². The quantitative estimate of drug-likeness (QED) is 0.554. The molecular formula is C6H9N3O2. The monoisotopic (exact) mass is 155 g/mol. The number of imidazole rings is 1. The third-order valence-electron chi connectivity index (χ3n) is 1.52. The van der Waals surface area contributed by atoms with E-state index in [-0.39, 0.29) is 11.4 Å². The van der Waals surface area contributed by atoms with Gasteiger partial charge >= 0.3 is 5.69 Å². The second kappa shape index (κ2) is 2.26. The van der Waals surface area contributed by atoms with Crippen molar-refractivity contribution in [2.45, 2.75) is 0 Å². The number of aryl methyl sites for hydroxylation is 1. The second-order valence-electron chi connectivity index (χ2n) is 2.33. The van der Waals surface area contributed by atoms with Gasteiger partial charge in [-0.1, -0.05) is 0 Å². The first-order valence-electron chi connectivity index (χ1n) is 3.06. The van der Waals surface area contributed by atoms with Crippen molar-refractivity contribution in [3.8, 4) is 0 Å². The number of carbonyl (C=O) groups is 1. The molecule has 60 valence electrons. The van der Waals surface area contributed by atoms with Crippen LogP contribution in [-0.2, 0) is 14.1 Å². The van der Waals surface area contributed by atoms with Crippen LogP contribution in [0.4, 0.5) is 0 Å². The van der Waals surface area contributed by atoms with Gasteiger partial charge in [0.15, 0.2) is 0 Å². The summed E-state index contributed by atoms with van der Waals surface area (Å²) in [7, 11) is 3.07. The normalized spacial score (nSPS) is 10.0. The van der Waals surface area contributed by atoms with E-state index < -0.39 is 5.91 Å². The predicted octanol–water partition coefficient (Wildman–Crippen LogP) is -1.18. The molecule has 1 rings (SSSR count). The molecule has 1 heterocycles. The Balaban J connectivity index is 3.42. The van der Waals surface area contributed by atoms with E-state index in [1.54, 1.807) is 7.05 Å². The largest absolute Gasteiger partial charge is 0.364 e. The van der Waals surface area contributed by atoms with Crippen molar-refractivity contribution >= 4 is 5.91 Å². The van der Waals surface area contributed by atoms with E-state index in [2.05, 4.69) is 0 Å². The molecule has 0 aliphatic carbocycles. The molecule has 5 heteroatoms. The highest BCUT2D eigenvalue weighted by Crippen LogP contribution is 1.90. The zero-order valence-corrected chi connectivity index (χ0v) is 6.37. The third-order valence-corrected chi connectivity index (χ3v) is 1.52. The van der Waals surface area contributed by atoms with E-state index in [1.807, 2.05) is 0 Å². The van der Waals surface area contributed by atoms with Crippen molar-refractivity contribution in [2.24, 2.45) is 19.8 Å². The van der Waals surface area contributed by atoms with E-state index in [4.69, 9.17) is 5.73 Å². The molecule has 0 aliphatic heterocycles. The number of nitrogens with two attached hydrogens (primary N) is 1. The number of nitrogens with zero attached hydrogens (tertiary/aromatic N) is 2. The first-order chi connectivity index (χ1) is 5.04. The lowest BCUT2D eigenvalue weighted by molar-refractivity contribution is 0.0992. The lowest BCUT2D eigenvalue weighted by Crippen LogP contribution is -2.23. The summed E-state index contributed by atoms with van der Waals surface area (Å²) in [6, 6.07) is 0. The van der Waals surface area contributed by atoms with E-state index in [0.717, 1.165) is 0 Å². The summed E-state index contributed by atoms with van der Waals surface area (Å²) >= 11 is 0. The molecule has 0 bridgehead atoms. The van der Waals surface area contributed by atoms with Gasteiger partial charge in [0.25, 0.3) is 5.91 Å². The zero-order chi connectivity index (χ0) is 8.59. The minimum Gasteiger partial charge on any atom is -0.364 e. The maximum atomic E-state index is 11.0. The number of hydrogen-bond donors (Lipinski definition) is 1. The molecule has 0 aliphatic rings. The fourth-order valence-corrected chi connectivity index (χ4v) is 0.894. The van der Waals surface area contributed by atoms with Crippen molar-refractivity contribution in [2.75, 3.05) is 0 Å². The van der Waals surface area contributed by atoms with Gasteiger partial charge < -0.3 is 10.3 Å². The Morgan fingerprint density at radius 2 is 2.09 bits per heavy atom. The molecule has 1 aromatic rings. The second-order valence-corrected chi connectivity index (χ2v) is 2.33. The molecule has 11 heavy (non-hydrogen) atoms. The standard InChI is InChI=1S/C6H9N3O2/c1-8-3-4(5(7)10)9(2)6(8)11/h3H,1-2H3,(H2,7,10). The predicted molar refractivity (Wildman–Crippen MR) is 39.2 cm³/mol. The van der Waals surface area contributed by atoms with Crippen LogP contribution in [0.15, 0.2) is 11.0 Å². The summed E-state index contributed by atoms with van der Waals surface area (Å²) in [5.41, 5.74) is 4.95. The van der Waals surface area contributed by atoms with Gasteiger partial charge in [0.05, 0.1) is 0 Å². The SMILES string of the molecule is Cn1cc(C(N)=O)n(C)c1=O. The van der Waals surface area contributed by atoms with Crippen LogP contribution >= 0.6 is 0 Å². The van der Waals surface area contributed by atoms with Crippen molar-refractivity contribution < 1.29 is 4.79 Å². The van der Waals surface area contributed by atoms with Crippen LogP contribution in [0, 0.1) is 0 Å². The minimum atomic E-state index is -0.592. The van der Waals surface area contributed by atoms with E-state index in [1.165, 1.54) is 22.4 Å². The summed E-state index contributed by atoms with van der Waals surface area (Å²) in [6.45, 7) is 0. The maximum Gasteiger partial charge on any atom is 0.328 e. The molecule has 1 amide bonds. The van der Waals surface area contributed by atoms with Crippen LogP contribution in [0.3, 0.4) is 0 Å². The Hall–Kier alpha value is -1.52. The van der Waals surface area contributed by atoms with E-state index >= 15 is 0 Å². The van der Waals surface area contributed by atoms with Gasteiger partial charge in [-0.3, -0.25) is 9.36 Å². The Kier molecular flexibility index (Phi) is 1.56. The molecule has 1 aromatic heterocycles. The molecule has 5 nitrogen and oxygen atoms in total. The van der Waals surface area contributed by atoms with E-state index in [9.17, 15) is 9.59 Å². The highest BCUT2D eigenvalue weighted by molar-refractivity contribution is 5.90. The number of hydrogen-bond acceptors (Lipinski definition) is 2. The first kappa shape index (κ1) is 7.59. The number of carbonyl (C=O) groups excluding carboxylic acids is 1. The molecular weight excluding hydrogens is 146 g/mol. The zero-order valence-electron chi connectivity index (χ0n) is 6.37. The fourth-order valence-electron chi connectivity index (χ4n) is 0.894. The summed E-state index contributed by atoms with van der Waals surface area (Å²) in [4.78, 5) is 21.6. The van der Waals surface area contributed by atoms with Crippen LogP contribution < -0.4 is 11.4 Å². The number of amides is 1. The smallest absolute Gasteiger partial charge is 0.328 e. The van der Waals surface area contributed by atoms with Gasteiger partial charge in [-0.15, -0.1) is 0 Å². The molecule has 0 unspecified atom stereocenters. The van der Waals surface area contributed by atoms with Crippen molar-refractivity contribution in [3.63, 3.8) is 0 Å². The summed E-state index contributed by atoms with van der Waals surface area (Å²) < 4.78 is 2.52. The van der Waals surface area contributed by atoms with Gasteiger partial charge in [0, 0.05) is 20.3 Å². The van der Waals surface area contributed by atoms with Gasteiger partial charge in [0.2, 0.25) is 0 Å². The molecule has 0 atom stereocenters. The molecule has 0 saturated heterocycles. The van der Waals surface area contributed by atoms with Crippen LogP contribution in [-0.4, -0.2) is 15.0 Å². The Morgan fingerprint density at radius 1 is 1.55 bits per heavy atom. The maximum absolute atomic E-state index is 11.0. The van der Waals surface area contributed by atoms with Gasteiger partial charge in [0.1, 0.15) is 5.69 Å². The number of rotatable bonds is 1. The third kappa shape index (κ3) is 1.04. The molecule has 0 spiro atoms. The average molecular weight is 155 g/mol. The average Bonchev–Trinajstić information content (AvgIpc) is 2.17. The summed E-state index contributed by atoms with van der Waals surface area (Å²) in [5.74, 6) is -0.592. The van der Waals surface area contributed by atoms with Gasteiger partial charge in [-0.05, 0) is 0 Å². The number of aromatic nitrogens is 2. The van der Waals surface area contributed by atoms with Crippen LogP contribution in [0.25, 0.3) is 0 Å². The Bertz CT molecular complexity index is 347. The molecule has 0 saturated carbocycles. The van der Waals surface area contributed by atoms with Crippen molar-refractivity contribution in [1.82, 2.24) is 9.13 Å². The lowest BCUT2D eigenvalue weighted by atomic mass is 10.4. The highest BCUT2D eigenvalue weighted by atomic mass is 16.2. The van der Waals surface area contributed by atoms with E-state index in [0.29, 0.717) is 0 Å². The summed E-state index contributed by atoms with van der Waals surface area (Å²) in [6.07, 6.45) is 1.41. The Labute approximate surface area is 63.0 Å². The molecule has 0 aromatic carbocycles.